The first-order chi connectivity index (χ1) is 9.15. The van der Waals surface area contributed by atoms with Gasteiger partial charge >= 0.3 is 0 Å². The molecule has 100 valence electrons. The minimum Gasteiger partial charge on any atom is -0.333 e. The van der Waals surface area contributed by atoms with E-state index < -0.39 is 0 Å². The van der Waals surface area contributed by atoms with Crippen molar-refractivity contribution in [1.29, 1.82) is 0 Å². The molecule has 3 heterocycles. The number of amides is 1. The van der Waals surface area contributed by atoms with Gasteiger partial charge in [-0.2, -0.15) is 5.10 Å². The smallest absolute Gasteiger partial charge is 0.291 e. The maximum Gasteiger partial charge on any atom is 0.291 e. The molecule has 1 amide bonds. The van der Waals surface area contributed by atoms with Crippen molar-refractivity contribution in [3.63, 3.8) is 0 Å². The van der Waals surface area contributed by atoms with Gasteiger partial charge in [0.05, 0.1) is 11.6 Å². The number of nitrogens with zero attached hydrogens (tertiary/aromatic N) is 6. The second kappa shape index (κ2) is 4.58. The summed E-state index contributed by atoms with van der Waals surface area (Å²) in [6.45, 7) is 3.23. The lowest BCUT2D eigenvalue weighted by atomic mass is 10.3. The highest BCUT2D eigenvalue weighted by molar-refractivity contribution is 5.92. The maximum atomic E-state index is 12.3. The number of aryl methyl sites for hydroxylation is 1. The van der Waals surface area contributed by atoms with Gasteiger partial charge in [-0.15, -0.1) is 0 Å². The van der Waals surface area contributed by atoms with Gasteiger partial charge in [0.15, 0.2) is 5.65 Å². The number of hydrogen-bond donors (Lipinski definition) is 0. The Balaban J connectivity index is 1.87. The Morgan fingerprint density at radius 1 is 1.16 bits per heavy atom. The molecule has 19 heavy (non-hydrogen) atoms. The van der Waals surface area contributed by atoms with Crippen LogP contribution in [0.15, 0.2) is 12.4 Å². The van der Waals surface area contributed by atoms with Crippen LogP contribution in [0.5, 0.6) is 0 Å². The van der Waals surface area contributed by atoms with Crippen LogP contribution in [0.2, 0.25) is 0 Å². The van der Waals surface area contributed by atoms with E-state index >= 15 is 0 Å². The summed E-state index contributed by atoms with van der Waals surface area (Å²) >= 11 is 0. The van der Waals surface area contributed by atoms with Crippen molar-refractivity contribution in [3.8, 4) is 0 Å². The highest BCUT2D eigenvalue weighted by Gasteiger charge is 2.22. The molecule has 1 saturated heterocycles. The molecule has 0 unspecified atom stereocenters. The summed E-state index contributed by atoms with van der Waals surface area (Å²) in [5.74, 6) is 0.150. The SMILES string of the molecule is CN1CCN(C(=O)c2ncc3cnn(C)c3n2)CC1. The van der Waals surface area contributed by atoms with Crippen LogP contribution in [0, 0.1) is 0 Å². The first-order valence-electron chi connectivity index (χ1n) is 6.28. The third-order valence-corrected chi connectivity index (χ3v) is 3.45. The lowest BCUT2D eigenvalue weighted by molar-refractivity contribution is 0.0652. The zero-order chi connectivity index (χ0) is 13.4. The third-order valence-electron chi connectivity index (χ3n) is 3.45. The van der Waals surface area contributed by atoms with Crippen LogP contribution in [0.4, 0.5) is 0 Å². The Morgan fingerprint density at radius 3 is 2.63 bits per heavy atom. The van der Waals surface area contributed by atoms with E-state index in [4.69, 9.17) is 0 Å². The van der Waals surface area contributed by atoms with E-state index in [1.165, 1.54) is 0 Å². The summed E-state index contributed by atoms with van der Waals surface area (Å²) in [5, 5.41) is 4.95. The van der Waals surface area contributed by atoms with E-state index in [1.807, 2.05) is 0 Å². The Hall–Kier alpha value is -2.02. The molecule has 0 spiro atoms. The minimum absolute atomic E-state index is 0.101. The Labute approximate surface area is 110 Å². The fourth-order valence-corrected chi connectivity index (χ4v) is 2.19. The predicted molar refractivity (Wildman–Crippen MR) is 69.7 cm³/mol. The number of carbonyl (C=O) groups excluding carboxylic acids is 1. The molecule has 2 aromatic rings. The van der Waals surface area contributed by atoms with Crippen LogP contribution in [0.1, 0.15) is 10.6 Å². The van der Waals surface area contributed by atoms with E-state index in [-0.39, 0.29) is 11.7 Å². The van der Waals surface area contributed by atoms with Gasteiger partial charge in [0.2, 0.25) is 5.82 Å². The van der Waals surface area contributed by atoms with Crippen LogP contribution in [0.3, 0.4) is 0 Å². The molecular weight excluding hydrogens is 244 g/mol. The van der Waals surface area contributed by atoms with Crippen LogP contribution in [-0.4, -0.2) is 68.7 Å². The van der Waals surface area contributed by atoms with Crippen LogP contribution >= 0.6 is 0 Å². The maximum absolute atomic E-state index is 12.3. The lowest BCUT2D eigenvalue weighted by Gasteiger charge is -2.31. The van der Waals surface area contributed by atoms with Crippen molar-refractivity contribution >= 4 is 16.9 Å². The van der Waals surface area contributed by atoms with Gasteiger partial charge < -0.3 is 9.80 Å². The highest BCUT2D eigenvalue weighted by atomic mass is 16.2. The van der Waals surface area contributed by atoms with Gasteiger partial charge in [0, 0.05) is 39.4 Å². The lowest BCUT2D eigenvalue weighted by Crippen LogP contribution is -2.47. The van der Waals surface area contributed by atoms with Crippen molar-refractivity contribution in [3.05, 3.63) is 18.2 Å². The summed E-state index contributed by atoms with van der Waals surface area (Å²) in [6, 6.07) is 0. The highest BCUT2D eigenvalue weighted by Crippen LogP contribution is 2.10. The first-order valence-corrected chi connectivity index (χ1v) is 6.28. The van der Waals surface area contributed by atoms with E-state index in [2.05, 4.69) is 27.0 Å². The standard InChI is InChI=1S/C12H16N6O/c1-16-3-5-18(6-4-16)12(19)10-13-7-9-8-14-17(2)11(9)15-10/h7-8H,3-6H2,1-2H3. The second-order valence-corrected chi connectivity index (χ2v) is 4.84. The van der Waals surface area contributed by atoms with E-state index in [1.54, 1.807) is 29.0 Å². The Bertz CT molecular complexity index is 614. The molecule has 0 aliphatic carbocycles. The van der Waals surface area contributed by atoms with E-state index in [0.29, 0.717) is 5.65 Å². The van der Waals surface area contributed by atoms with Crippen molar-refractivity contribution in [2.75, 3.05) is 33.2 Å². The summed E-state index contributed by atoms with van der Waals surface area (Å²) < 4.78 is 1.65. The number of piperazine rings is 1. The normalized spacial score (nSPS) is 17.1. The number of hydrogen-bond acceptors (Lipinski definition) is 5. The average Bonchev–Trinajstić information content (AvgIpc) is 2.80. The predicted octanol–water partition coefficient (Wildman–Crippen LogP) is -0.249. The topological polar surface area (TPSA) is 67.2 Å². The van der Waals surface area contributed by atoms with Gasteiger partial charge in [-0.05, 0) is 7.05 Å². The molecule has 1 fully saturated rings. The summed E-state index contributed by atoms with van der Waals surface area (Å²) in [6.07, 6.45) is 3.35. The van der Waals surface area contributed by atoms with Crippen LogP contribution < -0.4 is 0 Å². The Kier molecular flexibility index (Phi) is 2.90. The molecule has 0 N–H and O–H groups in total. The quantitative estimate of drug-likeness (QED) is 0.707. The monoisotopic (exact) mass is 260 g/mol. The number of aromatic nitrogens is 4. The minimum atomic E-state index is -0.101. The molecule has 0 radical (unpaired) electrons. The third kappa shape index (κ3) is 2.17. The van der Waals surface area contributed by atoms with Crippen molar-refractivity contribution in [1.82, 2.24) is 29.5 Å². The van der Waals surface area contributed by atoms with Crippen molar-refractivity contribution < 1.29 is 4.79 Å². The van der Waals surface area contributed by atoms with Gasteiger partial charge in [-0.3, -0.25) is 9.48 Å². The number of fused-ring (bicyclic) bond motifs is 1. The van der Waals surface area contributed by atoms with Gasteiger partial charge in [-0.25, -0.2) is 9.97 Å². The van der Waals surface area contributed by atoms with Crippen molar-refractivity contribution in [2.45, 2.75) is 0 Å². The first kappa shape index (κ1) is 12.0. The van der Waals surface area contributed by atoms with Gasteiger partial charge in [0.1, 0.15) is 0 Å². The van der Waals surface area contributed by atoms with Gasteiger partial charge in [-0.1, -0.05) is 0 Å². The Morgan fingerprint density at radius 2 is 1.89 bits per heavy atom. The fraction of sp³-hybridized carbons (Fsp3) is 0.500. The summed E-state index contributed by atoms with van der Waals surface area (Å²) in [5.41, 5.74) is 0.687. The molecule has 0 atom stereocenters. The zero-order valence-corrected chi connectivity index (χ0v) is 11.1. The fourth-order valence-electron chi connectivity index (χ4n) is 2.19. The summed E-state index contributed by atoms with van der Waals surface area (Å²) in [7, 11) is 3.86. The zero-order valence-electron chi connectivity index (χ0n) is 11.1. The molecule has 0 aromatic carbocycles. The number of likely N-dealkylation sites (N-methyl/N-ethyl adjacent to an activating group) is 1. The molecular formula is C12H16N6O. The summed E-state index contributed by atoms with van der Waals surface area (Å²) in [4.78, 5) is 24.8. The number of rotatable bonds is 1. The number of carbonyl (C=O) groups is 1. The van der Waals surface area contributed by atoms with Gasteiger partial charge in [0.25, 0.3) is 5.91 Å². The molecule has 1 aliphatic heterocycles. The van der Waals surface area contributed by atoms with E-state index in [0.717, 1.165) is 31.6 Å². The van der Waals surface area contributed by atoms with Crippen LogP contribution in [0.25, 0.3) is 11.0 Å². The largest absolute Gasteiger partial charge is 0.333 e. The van der Waals surface area contributed by atoms with Crippen molar-refractivity contribution in [2.24, 2.45) is 7.05 Å². The molecule has 0 bridgehead atoms. The molecule has 0 saturated carbocycles. The molecule has 1 aliphatic rings. The molecule has 3 rings (SSSR count). The van der Waals surface area contributed by atoms with Crippen LogP contribution in [-0.2, 0) is 7.05 Å². The van der Waals surface area contributed by atoms with E-state index in [9.17, 15) is 4.79 Å². The molecule has 7 nitrogen and oxygen atoms in total. The molecule has 7 heteroatoms. The average molecular weight is 260 g/mol. The second-order valence-electron chi connectivity index (χ2n) is 4.84. The molecule has 2 aromatic heterocycles.